The number of carbonyl (C=O) groups is 1. The Labute approximate surface area is 182 Å². The molecule has 31 heavy (non-hydrogen) atoms. The van der Waals surface area contributed by atoms with E-state index in [0.29, 0.717) is 19.0 Å². The van der Waals surface area contributed by atoms with Crippen molar-refractivity contribution in [1.82, 2.24) is 9.88 Å². The first-order valence-electron chi connectivity index (χ1n) is 9.90. The molecule has 0 bridgehead atoms. The monoisotopic (exact) mass is 421 g/mol. The molecule has 1 amide bonds. The smallest absolute Gasteiger partial charge is 0.413 e. The Morgan fingerprint density at radius 3 is 2.39 bits per heavy atom. The van der Waals surface area contributed by atoms with Crippen molar-refractivity contribution in [2.45, 2.75) is 13.1 Å². The summed E-state index contributed by atoms with van der Waals surface area (Å²) in [4.78, 5) is 20.5. The summed E-state index contributed by atoms with van der Waals surface area (Å²) in [6, 6.07) is 21.0. The molecule has 1 aromatic heterocycles. The Bertz CT molecular complexity index is 962. The lowest BCUT2D eigenvalue weighted by Crippen LogP contribution is -2.31. The summed E-state index contributed by atoms with van der Waals surface area (Å²) in [5.41, 5.74) is 3.03. The molecule has 0 atom stereocenters. The fourth-order valence-electron chi connectivity index (χ4n) is 2.96. The van der Waals surface area contributed by atoms with E-state index >= 15 is 0 Å². The Morgan fingerprint density at radius 1 is 0.935 bits per heavy atom. The van der Waals surface area contributed by atoms with E-state index in [0.717, 1.165) is 22.6 Å². The summed E-state index contributed by atoms with van der Waals surface area (Å²) in [5, 5.41) is 0. The van der Waals surface area contributed by atoms with Crippen LogP contribution in [-0.2, 0) is 17.8 Å². The summed E-state index contributed by atoms with van der Waals surface area (Å²) >= 11 is 0. The van der Waals surface area contributed by atoms with Crippen LogP contribution in [0.2, 0.25) is 0 Å². The predicted molar refractivity (Wildman–Crippen MR) is 119 cm³/mol. The van der Waals surface area contributed by atoms with E-state index in [-0.39, 0.29) is 6.79 Å². The molecule has 0 N–H and O–H groups in total. The van der Waals surface area contributed by atoms with E-state index in [1.54, 1.807) is 36.4 Å². The molecule has 3 rings (SSSR count). The molecule has 0 saturated carbocycles. The van der Waals surface area contributed by atoms with E-state index < -0.39 is 6.09 Å². The number of ether oxygens (including phenoxy) is 3. The number of rotatable bonds is 9. The number of benzene rings is 2. The van der Waals surface area contributed by atoms with Crippen LogP contribution >= 0.6 is 0 Å². The molecule has 162 valence electrons. The highest BCUT2D eigenvalue weighted by Crippen LogP contribution is 2.18. The molecular weight excluding hydrogens is 394 g/mol. The number of hydrogen-bond acceptors (Lipinski definition) is 6. The van der Waals surface area contributed by atoms with Gasteiger partial charge >= 0.3 is 6.09 Å². The molecule has 7 heteroatoms. The van der Waals surface area contributed by atoms with Crippen LogP contribution in [0.25, 0.3) is 0 Å². The molecule has 3 aromatic rings. The molecule has 2 aromatic carbocycles. The average molecular weight is 421 g/mol. The van der Waals surface area contributed by atoms with Gasteiger partial charge in [-0.15, -0.1) is 0 Å². The number of nitrogens with zero attached hydrogens (tertiary/aromatic N) is 3. The average Bonchev–Trinajstić information content (AvgIpc) is 2.79. The summed E-state index contributed by atoms with van der Waals surface area (Å²) in [6.45, 7) is 0.548. The van der Waals surface area contributed by atoms with Crippen LogP contribution in [0.3, 0.4) is 0 Å². The molecule has 1 heterocycles. The fraction of sp³-hybridized carbons (Fsp3) is 0.250. The number of hydrogen-bond donors (Lipinski definition) is 0. The highest BCUT2D eigenvalue weighted by molar-refractivity contribution is 5.67. The second-order valence-corrected chi connectivity index (χ2v) is 7.11. The van der Waals surface area contributed by atoms with E-state index in [1.807, 2.05) is 67.5 Å². The van der Waals surface area contributed by atoms with Crippen molar-refractivity contribution < 1.29 is 19.0 Å². The Balaban J connectivity index is 1.69. The summed E-state index contributed by atoms with van der Waals surface area (Å²) in [6.07, 6.45) is 1.14. The van der Waals surface area contributed by atoms with Gasteiger partial charge in [0.25, 0.3) is 0 Å². The first-order chi connectivity index (χ1) is 15.0. The van der Waals surface area contributed by atoms with Crippen molar-refractivity contribution in [1.29, 1.82) is 0 Å². The summed E-state index contributed by atoms with van der Waals surface area (Å²) in [7, 11) is 5.60. The van der Waals surface area contributed by atoms with E-state index in [2.05, 4.69) is 4.98 Å². The maximum absolute atomic E-state index is 12.8. The quantitative estimate of drug-likeness (QED) is 0.479. The van der Waals surface area contributed by atoms with Gasteiger partial charge in [-0.3, -0.25) is 4.90 Å². The zero-order valence-corrected chi connectivity index (χ0v) is 18.0. The van der Waals surface area contributed by atoms with Gasteiger partial charge < -0.3 is 19.1 Å². The van der Waals surface area contributed by atoms with Gasteiger partial charge in [-0.25, -0.2) is 9.78 Å². The minimum atomic E-state index is -0.476. The van der Waals surface area contributed by atoms with Gasteiger partial charge in [0.05, 0.1) is 7.11 Å². The predicted octanol–water partition coefficient (Wildman–Crippen LogP) is 4.33. The number of aromatic nitrogens is 1. The van der Waals surface area contributed by atoms with Crippen LogP contribution in [0, 0.1) is 0 Å². The molecule has 0 aliphatic heterocycles. The summed E-state index contributed by atoms with van der Waals surface area (Å²) < 4.78 is 16.1. The van der Waals surface area contributed by atoms with Crippen LogP contribution in [0.4, 0.5) is 10.5 Å². The highest BCUT2D eigenvalue weighted by atomic mass is 16.7. The lowest BCUT2D eigenvalue weighted by Gasteiger charge is -2.23. The van der Waals surface area contributed by atoms with Gasteiger partial charge in [-0.1, -0.05) is 30.3 Å². The third kappa shape index (κ3) is 6.64. The van der Waals surface area contributed by atoms with Gasteiger partial charge in [0.2, 0.25) is 12.7 Å². The first-order valence-corrected chi connectivity index (χ1v) is 9.90. The normalized spacial score (nSPS) is 10.3. The topological polar surface area (TPSA) is 64.1 Å². The second kappa shape index (κ2) is 10.9. The number of methoxy groups -OCH3 is 1. The van der Waals surface area contributed by atoms with Crippen LogP contribution in [-0.4, -0.2) is 44.0 Å². The number of anilines is 1. The third-order valence-electron chi connectivity index (χ3n) is 4.62. The van der Waals surface area contributed by atoms with Gasteiger partial charge in [0, 0.05) is 45.1 Å². The molecular formula is C24H27N3O4. The van der Waals surface area contributed by atoms with Crippen LogP contribution < -0.4 is 14.4 Å². The van der Waals surface area contributed by atoms with Crippen molar-refractivity contribution in [2.75, 3.05) is 32.9 Å². The second-order valence-electron chi connectivity index (χ2n) is 7.11. The molecule has 0 fully saturated rings. The minimum Gasteiger partial charge on any atom is -0.497 e. The molecule has 0 radical (unpaired) electrons. The van der Waals surface area contributed by atoms with Crippen molar-refractivity contribution >= 4 is 11.8 Å². The van der Waals surface area contributed by atoms with Gasteiger partial charge in [-0.2, -0.15) is 0 Å². The van der Waals surface area contributed by atoms with Crippen LogP contribution in [0.1, 0.15) is 11.1 Å². The highest BCUT2D eigenvalue weighted by Gasteiger charge is 2.17. The first kappa shape index (κ1) is 22.0. The van der Waals surface area contributed by atoms with Gasteiger partial charge in [0.1, 0.15) is 5.75 Å². The van der Waals surface area contributed by atoms with Gasteiger partial charge in [0.15, 0.2) is 0 Å². The van der Waals surface area contributed by atoms with Crippen molar-refractivity contribution in [3.05, 3.63) is 84.1 Å². The Morgan fingerprint density at radius 2 is 1.71 bits per heavy atom. The minimum absolute atomic E-state index is 0.218. The number of carbonyl (C=O) groups excluding carboxylic acids is 1. The standard InChI is InChI=1S/C24H27N3O4/c1-26(2)21-12-10-19(11-13-21)16-27(17-20-7-6-8-22(15-20)29-3)24(28)31-18-30-23-9-4-5-14-25-23/h4-15H,16-18H2,1-3H3. The molecule has 0 unspecified atom stereocenters. The lowest BCUT2D eigenvalue weighted by molar-refractivity contribution is 0.0298. The summed E-state index contributed by atoms with van der Waals surface area (Å²) in [5.74, 6) is 1.13. The fourth-order valence-corrected chi connectivity index (χ4v) is 2.96. The van der Waals surface area contributed by atoms with Crippen molar-refractivity contribution in [3.8, 4) is 11.6 Å². The maximum Gasteiger partial charge on any atom is 0.413 e. The molecule has 0 saturated heterocycles. The largest absolute Gasteiger partial charge is 0.497 e. The van der Waals surface area contributed by atoms with Crippen LogP contribution in [0.5, 0.6) is 11.6 Å². The SMILES string of the molecule is COc1cccc(CN(Cc2ccc(N(C)C)cc2)C(=O)OCOc2ccccn2)c1. The Kier molecular flexibility index (Phi) is 7.70. The third-order valence-corrected chi connectivity index (χ3v) is 4.62. The van der Waals surface area contributed by atoms with Crippen molar-refractivity contribution in [2.24, 2.45) is 0 Å². The lowest BCUT2D eigenvalue weighted by atomic mass is 10.1. The number of pyridine rings is 1. The molecule has 0 spiro atoms. The maximum atomic E-state index is 12.8. The van der Waals surface area contributed by atoms with E-state index in [9.17, 15) is 4.79 Å². The molecule has 0 aliphatic rings. The Hall–Kier alpha value is -3.74. The van der Waals surface area contributed by atoms with E-state index in [1.165, 1.54) is 0 Å². The van der Waals surface area contributed by atoms with Gasteiger partial charge in [-0.05, 0) is 41.5 Å². The zero-order chi connectivity index (χ0) is 22.1. The van der Waals surface area contributed by atoms with Crippen molar-refractivity contribution in [3.63, 3.8) is 0 Å². The zero-order valence-electron chi connectivity index (χ0n) is 18.0. The van der Waals surface area contributed by atoms with Crippen LogP contribution in [0.15, 0.2) is 72.9 Å². The molecule has 7 nitrogen and oxygen atoms in total. The van der Waals surface area contributed by atoms with E-state index in [4.69, 9.17) is 14.2 Å². The number of amides is 1. The molecule has 0 aliphatic carbocycles.